The van der Waals surface area contributed by atoms with Gasteiger partial charge in [0.1, 0.15) is 5.75 Å². The molecule has 0 aliphatic rings. The van der Waals surface area contributed by atoms with Crippen LogP contribution >= 0.6 is 11.8 Å². The van der Waals surface area contributed by atoms with Gasteiger partial charge in [0, 0.05) is 5.92 Å². The number of benzene rings is 2. The molecule has 0 aliphatic carbocycles. The monoisotopic (exact) mass is 422 g/mol. The molecule has 0 spiro atoms. The smallest absolute Gasteiger partial charge is 0.262 e. The van der Waals surface area contributed by atoms with Gasteiger partial charge in [-0.05, 0) is 29.8 Å². The van der Waals surface area contributed by atoms with Gasteiger partial charge < -0.3 is 9.26 Å². The first kappa shape index (κ1) is 20.2. The average Bonchev–Trinajstić information content (AvgIpc) is 3.24. The summed E-state index contributed by atoms with van der Waals surface area (Å²) in [6.45, 7) is 4.41. The van der Waals surface area contributed by atoms with E-state index in [-0.39, 0.29) is 11.5 Å². The lowest BCUT2D eigenvalue weighted by Crippen LogP contribution is -2.24. The normalized spacial score (nSPS) is 11.3. The summed E-state index contributed by atoms with van der Waals surface area (Å²) in [6, 6.07) is 15.0. The van der Waals surface area contributed by atoms with Crippen molar-refractivity contribution >= 4 is 22.7 Å². The number of thioether (sulfide) groups is 1. The van der Waals surface area contributed by atoms with Crippen molar-refractivity contribution in [3.05, 3.63) is 76.2 Å². The van der Waals surface area contributed by atoms with Crippen LogP contribution in [0, 0.1) is 0 Å². The van der Waals surface area contributed by atoms with Gasteiger partial charge in [0.2, 0.25) is 5.89 Å². The van der Waals surface area contributed by atoms with E-state index < -0.39 is 0 Å². The molecule has 7 nitrogen and oxygen atoms in total. The molecule has 0 aliphatic heterocycles. The molecule has 0 saturated carbocycles. The van der Waals surface area contributed by atoms with E-state index in [4.69, 9.17) is 14.2 Å². The molecule has 154 valence electrons. The predicted octanol–water partition coefficient (Wildman–Crippen LogP) is 4.25. The molecule has 0 fully saturated rings. The highest BCUT2D eigenvalue weighted by molar-refractivity contribution is 7.98. The Balaban J connectivity index is 1.68. The molecular formula is C22H22N4O3S. The van der Waals surface area contributed by atoms with Crippen molar-refractivity contribution < 1.29 is 9.26 Å². The molecule has 30 heavy (non-hydrogen) atoms. The van der Waals surface area contributed by atoms with E-state index in [0.717, 1.165) is 11.3 Å². The Morgan fingerprint density at radius 2 is 1.87 bits per heavy atom. The number of para-hydroxylation sites is 1. The lowest BCUT2D eigenvalue weighted by Gasteiger charge is -2.13. The number of hydrogen-bond donors (Lipinski definition) is 0. The van der Waals surface area contributed by atoms with Crippen molar-refractivity contribution in [2.45, 2.75) is 37.2 Å². The Kier molecular flexibility index (Phi) is 5.85. The van der Waals surface area contributed by atoms with Gasteiger partial charge in [0.15, 0.2) is 11.0 Å². The van der Waals surface area contributed by atoms with Crippen molar-refractivity contribution in [3.8, 4) is 5.75 Å². The minimum atomic E-state index is -0.0742. The Morgan fingerprint density at radius 3 is 2.57 bits per heavy atom. The number of aromatic nitrogens is 4. The third kappa shape index (κ3) is 4.23. The van der Waals surface area contributed by atoms with Gasteiger partial charge in [-0.15, -0.1) is 0 Å². The molecule has 2 heterocycles. The summed E-state index contributed by atoms with van der Waals surface area (Å²) < 4.78 is 12.2. The largest absolute Gasteiger partial charge is 0.497 e. The van der Waals surface area contributed by atoms with Crippen LogP contribution in [-0.4, -0.2) is 26.8 Å². The highest BCUT2D eigenvalue weighted by Gasteiger charge is 2.15. The molecule has 2 aromatic carbocycles. The average molecular weight is 423 g/mol. The zero-order valence-electron chi connectivity index (χ0n) is 17.0. The quantitative estimate of drug-likeness (QED) is 0.325. The third-order valence-electron chi connectivity index (χ3n) is 4.63. The maximum absolute atomic E-state index is 13.2. The lowest BCUT2D eigenvalue weighted by atomic mass is 10.2. The maximum atomic E-state index is 13.2. The van der Waals surface area contributed by atoms with E-state index in [9.17, 15) is 4.79 Å². The summed E-state index contributed by atoms with van der Waals surface area (Å²) in [4.78, 5) is 22.4. The number of nitrogens with zero attached hydrogens (tertiary/aromatic N) is 4. The molecule has 0 atom stereocenters. The Bertz CT molecular complexity index is 1220. The van der Waals surface area contributed by atoms with Crippen LogP contribution in [0.3, 0.4) is 0 Å². The molecule has 0 unspecified atom stereocenters. The van der Waals surface area contributed by atoms with E-state index >= 15 is 0 Å². The summed E-state index contributed by atoms with van der Waals surface area (Å²) in [5.41, 5.74) is 1.58. The molecule has 0 radical (unpaired) electrons. The molecule has 8 heteroatoms. The fraction of sp³-hybridized carbons (Fsp3) is 0.273. The highest BCUT2D eigenvalue weighted by atomic mass is 32.2. The number of fused-ring (bicyclic) bond motifs is 1. The second-order valence-electron chi connectivity index (χ2n) is 7.14. The van der Waals surface area contributed by atoms with Crippen LogP contribution in [0.15, 0.2) is 63.0 Å². The van der Waals surface area contributed by atoms with Crippen LogP contribution in [0.25, 0.3) is 10.9 Å². The topological polar surface area (TPSA) is 83.0 Å². The molecule has 4 rings (SSSR count). The molecular weight excluding hydrogens is 400 g/mol. The number of rotatable bonds is 7. The second kappa shape index (κ2) is 8.71. The summed E-state index contributed by atoms with van der Waals surface area (Å²) in [5, 5.41) is 5.24. The summed E-state index contributed by atoms with van der Waals surface area (Å²) in [6.07, 6.45) is 0. The van der Waals surface area contributed by atoms with Crippen molar-refractivity contribution in [1.82, 2.24) is 19.7 Å². The van der Waals surface area contributed by atoms with Crippen molar-refractivity contribution in [1.29, 1.82) is 0 Å². The predicted molar refractivity (Wildman–Crippen MR) is 116 cm³/mol. The van der Waals surface area contributed by atoms with E-state index in [1.807, 2.05) is 56.3 Å². The van der Waals surface area contributed by atoms with Crippen LogP contribution in [0.1, 0.15) is 37.0 Å². The lowest BCUT2D eigenvalue weighted by molar-refractivity contribution is 0.362. The summed E-state index contributed by atoms with van der Waals surface area (Å²) >= 11 is 1.42. The zero-order valence-corrected chi connectivity index (χ0v) is 17.8. The fourth-order valence-electron chi connectivity index (χ4n) is 3.00. The van der Waals surface area contributed by atoms with E-state index in [1.54, 1.807) is 17.7 Å². The third-order valence-corrected chi connectivity index (χ3v) is 5.61. The minimum absolute atomic E-state index is 0.0742. The first-order valence-electron chi connectivity index (χ1n) is 9.63. The summed E-state index contributed by atoms with van der Waals surface area (Å²) in [5.74, 6) is 2.59. The molecule has 0 saturated heterocycles. The van der Waals surface area contributed by atoms with E-state index in [0.29, 0.717) is 40.1 Å². The van der Waals surface area contributed by atoms with Crippen LogP contribution in [0.2, 0.25) is 0 Å². The van der Waals surface area contributed by atoms with Crippen LogP contribution < -0.4 is 10.3 Å². The maximum Gasteiger partial charge on any atom is 0.262 e. The Morgan fingerprint density at radius 1 is 1.10 bits per heavy atom. The highest BCUT2D eigenvalue weighted by Crippen LogP contribution is 2.23. The van der Waals surface area contributed by atoms with Crippen LogP contribution in [0.5, 0.6) is 5.75 Å². The van der Waals surface area contributed by atoms with Crippen LogP contribution in [-0.2, 0) is 12.3 Å². The van der Waals surface area contributed by atoms with Crippen LogP contribution in [0.4, 0.5) is 0 Å². The fourth-order valence-corrected chi connectivity index (χ4v) is 3.84. The second-order valence-corrected chi connectivity index (χ2v) is 8.09. The zero-order chi connectivity index (χ0) is 21.1. The molecule has 0 N–H and O–H groups in total. The Labute approximate surface area is 178 Å². The number of hydrogen-bond acceptors (Lipinski definition) is 7. The van der Waals surface area contributed by atoms with Gasteiger partial charge in [0.25, 0.3) is 5.56 Å². The van der Waals surface area contributed by atoms with Gasteiger partial charge >= 0.3 is 0 Å². The number of methoxy groups -OCH3 is 1. The summed E-state index contributed by atoms with van der Waals surface area (Å²) in [7, 11) is 1.63. The Hall–Kier alpha value is -3.13. The van der Waals surface area contributed by atoms with Gasteiger partial charge in [-0.1, -0.05) is 55.0 Å². The standard InChI is InChI=1S/C22H22N4O3S/c1-14(2)20-24-19(25-29-20)13-30-22-23-18-7-5-4-6-17(18)21(27)26(22)12-15-8-10-16(28-3)11-9-15/h4-11,14H,12-13H2,1-3H3. The van der Waals surface area contributed by atoms with Crippen molar-refractivity contribution in [3.63, 3.8) is 0 Å². The van der Waals surface area contributed by atoms with Gasteiger partial charge in [-0.2, -0.15) is 4.98 Å². The van der Waals surface area contributed by atoms with E-state index in [2.05, 4.69) is 10.1 Å². The van der Waals surface area contributed by atoms with Gasteiger partial charge in [-0.3, -0.25) is 9.36 Å². The molecule has 2 aromatic heterocycles. The van der Waals surface area contributed by atoms with Gasteiger partial charge in [0.05, 0.1) is 30.3 Å². The number of ether oxygens (including phenoxy) is 1. The first-order valence-corrected chi connectivity index (χ1v) is 10.6. The molecule has 0 amide bonds. The van der Waals surface area contributed by atoms with E-state index in [1.165, 1.54) is 11.8 Å². The molecule has 4 aromatic rings. The first-order chi connectivity index (χ1) is 14.5. The van der Waals surface area contributed by atoms with Gasteiger partial charge in [-0.25, -0.2) is 4.98 Å². The van der Waals surface area contributed by atoms with Crippen molar-refractivity contribution in [2.24, 2.45) is 0 Å². The SMILES string of the molecule is COc1ccc(Cn2c(SCc3noc(C(C)C)n3)nc3ccccc3c2=O)cc1. The van der Waals surface area contributed by atoms with Crippen molar-refractivity contribution in [2.75, 3.05) is 7.11 Å². The molecule has 0 bridgehead atoms. The minimum Gasteiger partial charge on any atom is -0.497 e.